The van der Waals surface area contributed by atoms with E-state index < -0.39 is 0 Å². The predicted octanol–water partition coefficient (Wildman–Crippen LogP) is 17.0. The molecule has 6 heterocycles. The molecule has 15 rings (SSSR count). The van der Waals surface area contributed by atoms with Crippen molar-refractivity contribution in [1.82, 2.24) is 18.4 Å². The first-order valence-electron chi connectivity index (χ1n) is 23.7. The Morgan fingerprint density at radius 1 is 0.373 bits per heavy atom. The quantitative estimate of drug-likeness (QED) is 0.170. The summed E-state index contributed by atoms with van der Waals surface area (Å²) in [4.78, 5) is 5.64. The second kappa shape index (κ2) is 12.5. The molecule has 4 nitrogen and oxygen atoms in total. The number of hydrogen-bond donors (Lipinski definition) is 0. The molecule has 15 aromatic rings. The molecule has 0 fully saturated rings. The van der Waals surface area contributed by atoms with E-state index >= 15 is 0 Å². The van der Waals surface area contributed by atoms with Crippen molar-refractivity contribution in [2.24, 2.45) is 0 Å². The van der Waals surface area contributed by atoms with Crippen molar-refractivity contribution < 1.29 is 0 Å². The highest BCUT2D eigenvalue weighted by Crippen LogP contribution is 2.51. The molecule has 0 radical (unpaired) electrons. The maximum atomic E-state index is 5.64. The number of benzene rings is 9. The molecule has 0 unspecified atom stereocenters. The smallest absolute Gasteiger partial charge is 0.146 e. The monoisotopic (exact) mass is 858 g/mol. The molecule has 0 aliphatic carbocycles. The van der Waals surface area contributed by atoms with Crippen LogP contribution in [0.1, 0.15) is 52.7 Å². The van der Waals surface area contributed by atoms with E-state index in [-0.39, 0.29) is 10.8 Å². The van der Waals surface area contributed by atoms with Crippen LogP contribution in [0.2, 0.25) is 0 Å². The summed E-state index contributed by atoms with van der Waals surface area (Å²) < 4.78 is 7.51. The van der Waals surface area contributed by atoms with Crippen LogP contribution in [0, 0.1) is 0 Å². The molecule has 6 aromatic heterocycles. The SMILES string of the molecule is CC(C)(C)c1cc(-c2ccc3c(c2)c2ccccc2n3-c2ccccc2)c2c(c1)c1cc(C(C)(C)C)cc3c4c5c6c7ccccc7cc7c8ccc9ccccc9c8n(c5ncc4n2c13)c76. The van der Waals surface area contributed by atoms with Gasteiger partial charge in [0.05, 0.1) is 44.8 Å². The lowest BCUT2D eigenvalue weighted by molar-refractivity contribution is 0.591. The average molecular weight is 859 g/mol. The van der Waals surface area contributed by atoms with Gasteiger partial charge in [-0.05, 0) is 104 Å². The summed E-state index contributed by atoms with van der Waals surface area (Å²) >= 11 is 0. The van der Waals surface area contributed by atoms with Crippen molar-refractivity contribution in [3.63, 3.8) is 0 Å². The summed E-state index contributed by atoms with van der Waals surface area (Å²) in [6, 6.07) is 61.6. The summed E-state index contributed by atoms with van der Waals surface area (Å²) in [5.41, 5.74) is 15.7. The fourth-order valence-electron chi connectivity index (χ4n) is 12.2. The van der Waals surface area contributed by atoms with Crippen LogP contribution >= 0.6 is 0 Å². The molecule has 0 amide bonds. The number of fused-ring (bicyclic) bond motifs is 20. The predicted molar refractivity (Wildman–Crippen MR) is 286 cm³/mol. The zero-order chi connectivity index (χ0) is 44.8. The normalized spacial score (nSPS) is 13.2. The summed E-state index contributed by atoms with van der Waals surface area (Å²) in [6.45, 7) is 14.1. The van der Waals surface area contributed by atoms with Crippen LogP contribution in [0.25, 0.3) is 136 Å². The van der Waals surface area contributed by atoms with Gasteiger partial charge in [0.25, 0.3) is 0 Å². The van der Waals surface area contributed by atoms with E-state index in [1.165, 1.54) is 136 Å². The summed E-state index contributed by atoms with van der Waals surface area (Å²) in [7, 11) is 0. The molecule has 9 aromatic carbocycles. The van der Waals surface area contributed by atoms with Crippen molar-refractivity contribution in [1.29, 1.82) is 0 Å². The minimum absolute atomic E-state index is 0.0835. The standard InChI is InChI=1S/C63H46N4/c1-62(2,3)38-30-45(37-25-27-52-46(28-37)43-22-14-15-23-51(43)65(52)40-18-8-7-9-19-40)58-48(31-38)49-32-39(63(4,5)6)33-50-54-53(66(58)59(49)50)34-64-61-56(54)55-41-20-12-11-17-36(41)29-47-44-26-24-35-16-10-13-21-42(35)57(44)67(61)60(47)55/h7-34H,1-6H3. The first kappa shape index (κ1) is 37.3. The Morgan fingerprint density at radius 3 is 1.79 bits per heavy atom. The van der Waals surface area contributed by atoms with Gasteiger partial charge in [0.15, 0.2) is 0 Å². The number of para-hydroxylation sites is 2. The summed E-state index contributed by atoms with van der Waals surface area (Å²) in [5, 5.41) is 17.7. The van der Waals surface area contributed by atoms with Crippen molar-refractivity contribution >= 4 is 120 Å². The lowest BCUT2D eigenvalue weighted by Crippen LogP contribution is -2.11. The lowest BCUT2D eigenvalue weighted by atomic mass is 9.83. The fourth-order valence-corrected chi connectivity index (χ4v) is 12.2. The average Bonchev–Trinajstić information content (AvgIpc) is 4.13. The van der Waals surface area contributed by atoms with E-state index in [2.05, 4.69) is 225 Å². The number of hydrogen-bond acceptors (Lipinski definition) is 1. The van der Waals surface area contributed by atoms with Crippen LogP contribution in [-0.2, 0) is 10.8 Å². The van der Waals surface area contributed by atoms with Gasteiger partial charge in [0.1, 0.15) is 5.65 Å². The number of nitrogens with zero attached hydrogens (tertiary/aromatic N) is 4. The molecule has 0 saturated heterocycles. The Morgan fingerprint density at radius 2 is 1.00 bits per heavy atom. The maximum absolute atomic E-state index is 5.64. The van der Waals surface area contributed by atoms with Crippen LogP contribution in [0.4, 0.5) is 0 Å². The number of pyridine rings is 1. The third-order valence-corrected chi connectivity index (χ3v) is 15.4. The zero-order valence-electron chi connectivity index (χ0n) is 38.5. The summed E-state index contributed by atoms with van der Waals surface area (Å²) in [5.74, 6) is 0. The molecule has 0 saturated carbocycles. The van der Waals surface area contributed by atoms with Gasteiger partial charge >= 0.3 is 0 Å². The minimum atomic E-state index is -0.0896. The molecular weight excluding hydrogens is 813 g/mol. The Kier molecular flexibility index (Phi) is 6.94. The Labute approximate surface area is 386 Å². The van der Waals surface area contributed by atoms with Gasteiger partial charge in [-0.15, -0.1) is 0 Å². The van der Waals surface area contributed by atoms with Crippen LogP contribution in [-0.4, -0.2) is 18.4 Å². The topological polar surface area (TPSA) is 26.6 Å². The van der Waals surface area contributed by atoms with Gasteiger partial charge in [-0.2, -0.15) is 0 Å². The van der Waals surface area contributed by atoms with Gasteiger partial charge in [-0.1, -0.05) is 145 Å². The largest absolute Gasteiger partial charge is 0.309 e. The van der Waals surface area contributed by atoms with E-state index in [4.69, 9.17) is 4.98 Å². The van der Waals surface area contributed by atoms with Gasteiger partial charge < -0.3 is 8.97 Å². The van der Waals surface area contributed by atoms with Crippen LogP contribution < -0.4 is 0 Å². The van der Waals surface area contributed by atoms with Crippen molar-refractivity contribution in [2.45, 2.75) is 52.4 Å². The highest BCUT2D eigenvalue weighted by atomic mass is 15.0. The van der Waals surface area contributed by atoms with E-state index in [0.717, 1.165) is 11.2 Å². The van der Waals surface area contributed by atoms with Gasteiger partial charge in [0.2, 0.25) is 0 Å². The van der Waals surface area contributed by atoms with Crippen LogP contribution in [0.15, 0.2) is 170 Å². The zero-order valence-corrected chi connectivity index (χ0v) is 38.5. The molecule has 0 N–H and O–H groups in total. The molecule has 0 spiro atoms. The Balaban J connectivity index is 1.15. The van der Waals surface area contributed by atoms with E-state index in [0.29, 0.717) is 0 Å². The van der Waals surface area contributed by atoms with Crippen molar-refractivity contribution in [2.75, 3.05) is 0 Å². The molecule has 318 valence electrons. The van der Waals surface area contributed by atoms with Crippen molar-refractivity contribution in [3.8, 4) is 16.8 Å². The third-order valence-electron chi connectivity index (χ3n) is 15.4. The second-order valence-corrected chi connectivity index (χ2v) is 21.2. The molecular formula is C63H46N4. The third kappa shape index (κ3) is 4.74. The van der Waals surface area contributed by atoms with Crippen LogP contribution in [0.3, 0.4) is 0 Å². The molecule has 0 aliphatic rings. The minimum Gasteiger partial charge on any atom is -0.309 e. The van der Waals surface area contributed by atoms with Crippen molar-refractivity contribution in [3.05, 3.63) is 181 Å². The van der Waals surface area contributed by atoms with Crippen LogP contribution in [0.5, 0.6) is 0 Å². The summed E-state index contributed by atoms with van der Waals surface area (Å²) in [6.07, 6.45) is 2.19. The Bertz CT molecular complexity index is 4620. The molecule has 67 heavy (non-hydrogen) atoms. The molecule has 0 bridgehead atoms. The first-order chi connectivity index (χ1) is 32.5. The van der Waals surface area contributed by atoms with E-state index in [1.54, 1.807) is 0 Å². The highest BCUT2D eigenvalue weighted by molar-refractivity contribution is 6.40. The fraction of sp³-hybridized carbons (Fsp3) is 0.127. The molecule has 4 heteroatoms. The Hall–Kier alpha value is -7.95. The number of aromatic nitrogens is 4. The second-order valence-electron chi connectivity index (χ2n) is 21.2. The van der Waals surface area contributed by atoms with E-state index in [1.807, 2.05) is 0 Å². The lowest BCUT2D eigenvalue weighted by Gasteiger charge is -2.22. The molecule has 0 aliphatic heterocycles. The van der Waals surface area contributed by atoms with E-state index in [9.17, 15) is 0 Å². The number of rotatable bonds is 2. The van der Waals surface area contributed by atoms with Gasteiger partial charge in [-0.25, -0.2) is 4.98 Å². The first-order valence-corrected chi connectivity index (χ1v) is 23.7. The van der Waals surface area contributed by atoms with Gasteiger partial charge in [-0.3, -0.25) is 4.40 Å². The maximum Gasteiger partial charge on any atom is 0.146 e. The van der Waals surface area contributed by atoms with Gasteiger partial charge in [0, 0.05) is 70.5 Å². The highest BCUT2D eigenvalue weighted by Gasteiger charge is 2.30. The molecule has 0 atom stereocenters.